The van der Waals surface area contributed by atoms with Crippen LogP contribution in [0.4, 0.5) is 36.5 Å². The molecule has 4 rings (SSSR count). The van der Waals surface area contributed by atoms with Gasteiger partial charge in [0, 0.05) is 49.8 Å². The molecule has 0 aliphatic carbocycles. The molecule has 3 heterocycles. The number of hydrogen-bond donors (Lipinski definition) is 3. The summed E-state index contributed by atoms with van der Waals surface area (Å²) in [4.78, 5) is 24.6. The van der Waals surface area contributed by atoms with Gasteiger partial charge in [0.25, 0.3) is 0 Å². The zero-order chi connectivity index (χ0) is 25.1. The van der Waals surface area contributed by atoms with Crippen molar-refractivity contribution in [3.05, 3.63) is 58.3 Å². The number of nitrogens with one attached hydrogen (secondary N) is 2. The van der Waals surface area contributed by atoms with E-state index >= 15 is 8.78 Å². The van der Waals surface area contributed by atoms with Gasteiger partial charge in [0.1, 0.15) is 11.5 Å². The summed E-state index contributed by atoms with van der Waals surface area (Å²) in [6.07, 6.45) is 2.76. The van der Waals surface area contributed by atoms with Gasteiger partial charge in [0.2, 0.25) is 0 Å². The first-order valence-corrected chi connectivity index (χ1v) is 11.6. The van der Waals surface area contributed by atoms with E-state index in [0.29, 0.717) is 30.2 Å². The molecule has 184 valence electrons. The third-order valence-electron chi connectivity index (χ3n) is 5.32. The normalized spacial score (nSPS) is 12.9. The molecule has 1 aliphatic rings. The van der Waals surface area contributed by atoms with E-state index in [1.165, 1.54) is 23.4 Å². The highest BCUT2D eigenvalue weighted by Crippen LogP contribution is 2.45. The van der Waals surface area contributed by atoms with Crippen molar-refractivity contribution in [3.63, 3.8) is 0 Å². The summed E-state index contributed by atoms with van der Waals surface area (Å²) in [5.41, 5.74) is 0.401. The van der Waals surface area contributed by atoms with Crippen LogP contribution in [0.15, 0.2) is 36.7 Å². The lowest BCUT2D eigenvalue weighted by molar-refractivity contribution is 0.253. The molecule has 0 unspecified atom stereocenters. The molecule has 0 fully saturated rings. The Hall–Kier alpha value is -3.05. The molecule has 0 spiro atoms. The first-order valence-electron chi connectivity index (χ1n) is 10.8. The number of hydrogen-bond acceptors (Lipinski definition) is 6. The van der Waals surface area contributed by atoms with E-state index in [2.05, 4.69) is 20.6 Å². The molecular weight excluding hydrogens is 501 g/mol. The van der Waals surface area contributed by atoms with Crippen molar-refractivity contribution in [2.24, 2.45) is 0 Å². The van der Waals surface area contributed by atoms with E-state index in [9.17, 15) is 4.79 Å². The topological polar surface area (TPSA) is 93.6 Å². The van der Waals surface area contributed by atoms with Crippen molar-refractivity contribution in [1.29, 1.82) is 0 Å². The molecule has 0 saturated heterocycles. The maximum Gasteiger partial charge on any atom is 0.335 e. The molecule has 12 heteroatoms. The lowest BCUT2D eigenvalue weighted by Crippen LogP contribution is -2.41. The van der Waals surface area contributed by atoms with E-state index in [0.717, 1.165) is 17.0 Å². The number of fused-ring (bicyclic) bond motifs is 3. The van der Waals surface area contributed by atoms with Crippen LogP contribution in [0.3, 0.4) is 0 Å². The largest absolute Gasteiger partial charge is 0.395 e. The molecule has 35 heavy (non-hydrogen) atoms. The van der Waals surface area contributed by atoms with E-state index in [4.69, 9.17) is 28.3 Å². The Labute approximate surface area is 210 Å². The van der Waals surface area contributed by atoms with Crippen molar-refractivity contribution in [2.75, 3.05) is 47.9 Å². The van der Waals surface area contributed by atoms with E-state index in [1.807, 2.05) is 0 Å². The molecule has 1 aliphatic heterocycles. The molecule has 2 amide bonds. The second-order valence-corrected chi connectivity index (χ2v) is 8.47. The molecule has 8 nitrogen and oxygen atoms in total. The highest BCUT2D eigenvalue weighted by Gasteiger charge is 2.37. The number of aliphatic hydroxyl groups is 1. The summed E-state index contributed by atoms with van der Waals surface area (Å²) in [6.45, 7) is 3.14. The summed E-state index contributed by atoms with van der Waals surface area (Å²) >= 11 is 12.4. The first-order chi connectivity index (χ1) is 16.8. The van der Waals surface area contributed by atoms with Crippen molar-refractivity contribution in [1.82, 2.24) is 15.3 Å². The van der Waals surface area contributed by atoms with Crippen LogP contribution in [0.1, 0.15) is 6.92 Å². The fourth-order valence-electron chi connectivity index (χ4n) is 3.82. The average Bonchev–Trinajstić information content (AvgIpc) is 2.91. The quantitative estimate of drug-likeness (QED) is 0.367. The van der Waals surface area contributed by atoms with Gasteiger partial charge in [-0.2, -0.15) is 0 Å². The van der Waals surface area contributed by atoms with Gasteiger partial charge in [-0.15, -0.1) is 0 Å². The standard InChI is InChI=1S/C23H22Cl2F2N6O2/c1-2-32-22-16(7-13(24)12-31-22)20-19(8-14(25)11-30-20)33(23(32)35)21-17(26)9-15(10-18(21)27)29-4-3-28-5-6-34/h7-12,28-29,34H,2-6H2,1H3. The SMILES string of the molecule is CCN1C(=O)N(c2c(F)cc(NCCNCCO)cc2F)c2cc(Cl)cnc2-c2cc(Cl)cnc21. The summed E-state index contributed by atoms with van der Waals surface area (Å²) in [7, 11) is 0. The Morgan fingerprint density at radius 1 is 1.00 bits per heavy atom. The number of urea groups is 1. The Balaban J connectivity index is 1.82. The number of benzene rings is 1. The maximum atomic E-state index is 15.4. The number of aromatic nitrogens is 2. The molecule has 3 aromatic rings. The smallest absolute Gasteiger partial charge is 0.335 e. The first kappa shape index (κ1) is 25.1. The summed E-state index contributed by atoms with van der Waals surface area (Å²) in [5, 5.41) is 15.2. The number of anilines is 4. The average molecular weight is 523 g/mol. The highest BCUT2D eigenvalue weighted by molar-refractivity contribution is 6.32. The summed E-state index contributed by atoms with van der Waals surface area (Å²) < 4.78 is 30.8. The highest BCUT2D eigenvalue weighted by atomic mass is 35.5. The molecular formula is C23H22Cl2F2N6O2. The predicted molar refractivity (Wildman–Crippen MR) is 133 cm³/mol. The minimum Gasteiger partial charge on any atom is -0.395 e. The number of rotatable bonds is 8. The van der Waals surface area contributed by atoms with Crippen molar-refractivity contribution >= 4 is 52.1 Å². The van der Waals surface area contributed by atoms with Gasteiger partial charge in [-0.25, -0.2) is 18.6 Å². The Morgan fingerprint density at radius 2 is 1.69 bits per heavy atom. The summed E-state index contributed by atoms with van der Waals surface area (Å²) in [5.74, 6) is -1.65. The van der Waals surface area contributed by atoms with Crippen molar-refractivity contribution in [3.8, 4) is 11.3 Å². The number of aliphatic hydroxyl groups excluding tert-OH is 1. The molecule has 0 bridgehead atoms. The molecule has 2 aromatic heterocycles. The number of carbonyl (C=O) groups is 1. The van der Waals surface area contributed by atoms with Crippen LogP contribution in [0.25, 0.3) is 11.3 Å². The molecule has 0 saturated carbocycles. The Kier molecular flexibility index (Phi) is 7.66. The molecule has 0 atom stereocenters. The second kappa shape index (κ2) is 10.7. The predicted octanol–water partition coefficient (Wildman–Crippen LogP) is 4.82. The van der Waals surface area contributed by atoms with Crippen LogP contribution in [-0.4, -0.2) is 53.9 Å². The van der Waals surface area contributed by atoms with Gasteiger partial charge in [-0.1, -0.05) is 23.2 Å². The number of amides is 2. The molecule has 3 N–H and O–H groups in total. The lowest BCUT2D eigenvalue weighted by atomic mass is 10.1. The Bertz CT molecular complexity index is 1240. The molecule has 1 aromatic carbocycles. The van der Waals surface area contributed by atoms with Crippen LogP contribution < -0.4 is 20.4 Å². The monoisotopic (exact) mass is 522 g/mol. The lowest BCUT2D eigenvalue weighted by Gasteiger charge is -2.28. The Morgan fingerprint density at radius 3 is 2.37 bits per heavy atom. The minimum atomic E-state index is -0.955. The van der Waals surface area contributed by atoms with Crippen molar-refractivity contribution < 1.29 is 18.7 Å². The minimum absolute atomic E-state index is 0.0114. The molecule has 0 radical (unpaired) electrons. The number of carbonyl (C=O) groups excluding carboxylic acids is 1. The van der Waals surface area contributed by atoms with Crippen LogP contribution in [-0.2, 0) is 0 Å². The maximum absolute atomic E-state index is 15.4. The van der Waals surface area contributed by atoms with Gasteiger partial charge in [-0.05, 0) is 31.2 Å². The van der Waals surface area contributed by atoms with Gasteiger partial charge in [0.05, 0.1) is 28.0 Å². The third kappa shape index (κ3) is 5.01. The van der Waals surface area contributed by atoms with Crippen LogP contribution in [0, 0.1) is 11.6 Å². The number of pyridine rings is 2. The number of halogens is 4. The zero-order valence-corrected chi connectivity index (χ0v) is 20.2. The van der Waals surface area contributed by atoms with Gasteiger partial charge < -0.3 is 15.7 Å². The number of nitrogens with zero attached hydrogens (tertiary/aromatic N) is 4. The van der Waals surface area contributed by atoms with Crippen LogP contribution in [0.5, 0.6) is 0 Å². The van der Waals surface area contributed by atoms with Gasteiger partial charge in [-0.3, -0.25) is 14.8 Å². The van der Waals surface area contributed by atoms with Gasteiger partial charge in [0.15, 0.2) is 11.6 Å². The fraction of sp³-hybridized carbons (Fsp3) is 0.261. The van der Waals surface area contributed by atoms with Crippen LogP contribution >= 0.6 is 23.2 Å². The van der Waals surface area contributed by atoms with Gasteiger partial charge >= 0.3 is 6.03 Å². The second-order valence-electron chi connectivity index (χ2n) is 7.60. The summed E-state index contributed by atoms with van der Waals surface area (Å²) in [6, 6.07) is 4.51. The van der Waals surface area contributed by atoms with Crippen molar-refractivity contribution in [2.45, 2.75) is 6.92 Å². The van der Waals surface area contributed by atoms with E-state index in [-0.39, 0.29) is 41.1 Å². The zero-order valence-electron chi connectivity index (χ0n) is 18.7. The van der Waals surface area contributed by atoms with Crippen LogP contribution in [0.2, 0.25) is 10.0 Å². The fourth-order valence-corrected chi connectivity index (χ4v) is 4.13. The third-order valence-corrected chi connectivity index (χ3v) is 5.73. The van der Waals surface area contributed by atoms with E-state index in [1.54, 1.807) is 13.0 Å². The van der Waals surface area contributed by atoms with E-state index < -0.39 is 23.4 Å².